The Bertz CT molecular complexity index is 593. The summed E-state index contributed by atoms with van der Waals surface area (Å²) in [6.07, 6.45) is 0.915. The summed E-state index contributed by atoms with van der Waals surface area (Å²) in [5.74, 6) is -0.296. The van der Waals surface area contributed by atoms with Gasteiger partial charge in [0.05, 0.1) is 12.7 Å². The second kappa shape index (κ2) is 7.76. The van der Waals surface area contributed by atoms with E-state index in [0.717, 1.165) is 6.42 Å². The SMILES string of the molecule is COC(=O)c1ccc(CC(C)NC(C)c2ccccc2)cc1. The lowest BCUT2D eigenvalue weighted by atomic mass is 10.0. The lowest BCUT2D eigenvalue weighted by Gasteiger charge is -2.20. The zero-order chi connectivity index (χ0) is 15.9. The van der Waals surface area contributed by atoms with Gasteiger partial charge in [-0.15, -0.1) is 0 Å². The fourth-order valence-electron chi connectivity index (χ4n) is 2.57. The second-order valence-corrected chi connectivity index (χ2v) is 5.59. The molecule has 2 atom stereocenters. The third-order valence-electron chi connectivity index (χ3n) is 3.75. The number of carbonyl (C=O) groups is 1. The van der Waals surface area contributed by atoms with Crippen LogP contribution in [0, 0.1) is 0 Å². The summed E-state index contributed by atoms with van der Waals surface area (Å²) in [6, 6.07) is 18.7. The first-order valence-corrected chi connectivity index (χ1v) is 7.58. The highest BCUT2D eigenvalue weighted by Gasteiger charge is 2.10. The van der Waals surface area contributed by atoms with Crippen molar-refractivity contribution in [3.8, 4) is 0 Å². The average molecular weight is 297 g/mol. The molecule has 0 heterocycles. The van der Waals surface area contributed by atoms with Crippen LogP contribution in [0.1, 0.15) is 41.4 Å². The maximum atomic E-state index is 11.4. The summed E-state index contributed by atoms with van der Waals surface area (Å²) < 4.78 is 4.71. The fourth-order valence-corrected chi connectivity index (χ4v) is 2.57. The van der Waals surface area contributed by atoms with Gasteiger partial charge in [0.2, 0.25) is 0 Å². The van der Waals surface area contributed by atoms with Gasteiger partial charge in [0.15, 0.2) is 0 Å². The molecule has 3 nitrogen and oxygen atoms in total. The lowest BCUT2D eigenvalue weighted by Crippen LogP contribution is -2.30. The van der Waals surface area contributed by atoms with Gasteiger partial charge in [0, 0.05) is 12.1 Å². The molecule has 0 spiro atoms. The monoisotopic (exact) mass is 297 g/mol. The van der Waals surface area contributed by atoms with Crippen LogP contribution in [0.4, 0.5) is 0 Å². The van der Waals surface area contributed by atoms with Crippen LogP contribution in [0.5, 0.6) is 0 Å². The van der Waals surface area contributed by atoms with E-state index in [-0.39, 0.29) is 5.97 Å². The number of hydrogen-bond donors (Lipinski definition) is 1. The molecule has 1 N–H and O–H groups in total. The Balaban J connectivity index is 1.91. The van der Waals surface area contributed by atoms with Crippen molar-refractivity contribution in [3.63, 3.8) is 0 Å². The molecule has 0 radical (unpaired) electrons. The van der Waals surface area contributed by atoms with Crippen molar-refractivity contribution < 1.29 is 9.53 Å². The predicted octanol–water partition coefficient (Wildman–Crippen LogP) is 3.76. The number of ether oxygens (including phenoxy) is 1. The van der Waals surface area contributed by atoms with Gasteiger partial charge in [-0.05, 0) is 43.5 Å². The van der Waals surface area contributed by atoms with Crippen LogP contribution in [0.3, 0.4) is 0 Å². The maximum absolute atomic E-state index is 11.4. The molecular formula is C19H23NO2. The standard InChI is InChI=1S/C19H23NO2/c1-14(20-15(2)17-7-5-4-6-8-17)13-16-9-11-18(12-10-16)19(21)22-3/h4-12,14-15,20H,13H2,1-3H3. The predicted molar refractivity (Wildman–Crippen MR) is 88.9 cm³/mol. The Morgan fingerprint density at radius 1 is 1.05 bits per heavy atom. The number of nitrogens with one attached hydrogen (secondary N) is 1. The molecule has 0 aliphatic carbocycles. The topological polar surface area (TPSA) is 38.3 Å². The van der Waals surface area contributed by atoms with Crippen molar-refractivity contribution in [2.24, 2.45) is 0 Å². The molecule has 2 aromatic carbocycles. The molecule has 0 aliphatic heterocycles. The molecular weight excluding hydrogens is 274 g/mol. The molecule has 2 rings (SSSR count). The minimum absolute atomic E-state index is 0.296. The van der Waals surface area contributed by atoms with Crippen LogP contribution in [0.25, 0.3) is 0 Å². The Morgan fingerprint density at radius 3 is 2.27 bits per heavy atom. The minimum Gasteiger partial charge on any atom is -0.465 e. The van der Waals surface area contributed by atoms with Gasteiger partial charge in [-0.3, -0.25) is 0 Å². The smallest absolute Gasteiger partial charge is 0.337 e. The molecule has 2 unspecified atom stereocenters. The molecule has 0 bridgehead atoms. The summed E-state index contributed by atoms with van der Waals surface area (Å²) in [6.45, 7) is 4.35. The molecule has 0 saturated heterocycles. The Morgan fingerprint density at radius 2 is 1.68 bits per heavy atom. The Kier molecular flexibility index (Phi) is 5.73. The van der Waals surface area contributed by atoms with Crippen molar-refractivity contribution >= 4 is 5.97 Å². The van der Waals surface area contributed by atoms with Gasteiger partial charge in [-0.2, -0.15) is 0 Å². The number of methoxy groups -OCH3 is 1. The maximum Gasteiger partial charge on any atom is 0.337 e. The highest BCUT2D eigenvalue weighted by molar-refractivity contribution is 5.89. The summed E-state index contributed by atoms with van der Waals surface area (Å²) in [5, 5.41) is 3.60. The van der Waals surface area contributed by atoms with E-state index >= 15 is 0 Å². The van der Waals surface area contributed by atoms with Gasteiger partial charge in [-0.25, -0.2) is 4.79 Å². The summed E-state index contributed by atoms with van der Waals surface area (Å²) in [5.41, 5.74) is 3.08. The largest absolute Gasteiger partial charge is 0.465 e. The lowest BCUT2D eigenvalue weighted by molar-refractivity contribution is 0.0600. The van der Waals surface area contributed by atoms with E-state index in [4.69, 9.17) is 4.74 Å². The van der Waals surface area contributed by atoms with Gasteiger partial charge >= 0.3 is 5.97 Å². The van der Waals surface area contributed by atoms with E-state index in [9.17, 15) is 4.79 Å². The highest BCUT2D eigenvalue weighted by atomic mass is 16.5. The summed E-state index contributed by atoms with van der Waals surface area (Å²) in [4.78, 5) is 11.4. The van der Waals surface area contributed by atoms with Crippen LogP contribution >= 0.6 is 0 Å². The van der Waals surface area contributed by atoms with E-state index in [0.29, 0.717) is 17.6 Å². The first-order chi connectivity index (χ1) is 10.6. The van der Waals surface area contributed by atoms with Gasteiger partial charge in [0.25, 0.3) is 0 Å². The van der Waals surface area contributed by atoms with Crippen molar-refractivity contribution in [1.29, 1.82) is 0 Å². The van der Waals surface area contributed by atoms with Crippen LogP contribution < -0.4 is 5.32 Å². The molecule has 116 valence electrons. The van der Waals surface area contributed by atoms with Gasteiger partial charge in [-0.1, -0.05) is 42.5 Å². The van der Waals surface area contributed by atoms with Gasteiger partial charge in [0.1, 0.15) is 0 Å². The van der Waals surface area contributed by atoms with Gasteiger partial charge < -0.3 is 10.1 Å². The van der Waals surface area contributed by atoms with Crippen molar-refractivity contribution in [1.82, 2.24) is 5.32 Å². The Hall–Kier alpha value is -2.13. The van der Waals surface area contributed by atoms with E-state index < -0.39 is 0 Å². The first kappa shape index (κ1) is 16.2. The van der Waals surface area contributed by atoms with Crippen molar-refractivity contribution in [2.45, 2.75) is 32.4 Å². The van der Waals surface area contributed by atoms with Crippen molar-refractivity contribution in [3.05, 3.63) is 71.3 Å². The normalized spacial score (nSPS) is 13.4. The van der Waals surface area contributed by atoms with Crippen LogP contribution in [-0.4, -0.2) is 19.1 Å². The second-order valence-electron chi connectivity index (χ2n) is 5.59. The third-order valence-corrected chi connectivity index (χ3v) is 3.75. The highest BCUT2D eigenvalue weighted by Crippen LogP contribution is 2.14. The summed E-state index contributed by atoms with van der Waals surface area (Å²) >= 11 is 0. The van der Waals surface area contributed by atoms with E-state index in [1.54, 1.807) is 0 Å². The third kappa shape index (κ3) is 4.43. The molecule has 0 amide bonds. The molecule has 22 heavy (non-hydrogen) atoms. The zero-order valence-electron chi connectivity index (χ0n) is 13.4. The molecule has 2 aromatic rings. The average Bonchev–Trinajstić information content (AvgIpc) is 2.55. The Labute approximate surface area is 132 Å². The zero-order valence-corrected chi connectivity index (χ0v) is 13.4. The van der Waals surface area contributed by atoms with E-state index in [1.807, 2.05) is 30.3 Å². The fraction of sp³-hybridized carbons (Fsp3) is 0.316. The molecule has 0 aromatic heterocycles. The number of esters is 1. The molecule has 0 aliphatic rings. The minimum atomic E-state index is -0.296. The first-order valence-electron chi connectivity index (χ1n) is 7.58. The number of carbonyl (C=O) groups excluding carboxylic acids is 1. The van der Waals surface area contributed by atoms with E-state index in [2.05, 4.69) is 43.4 Å². The number of hydrogen-bond acceptors (Lipinski definition) is 3. The van der Waals surface area contributed by atoms with Crippen LogP contribution in [-0.2, 0) is 11.2 Å². The molecule has 0 saturated carbocycles. The molecule has 0 fully saturated rings. The summed E-state index contributed by atoms with van der Waals surface area (Å²) in [7, 11) is 1.40. The molecule has 3 heteroatoms. The quantitative estimate of drug-likeness (QED) is 0.825. The number of benzene rings is 2. The van der Waals surface area contributed by atoms with Crippen LogP contribution in [0.2, 0.25) is 0 Å². The van der Waals surface area contributed by atoms with Crippen LogP contribution in [0.15, 0.2) is 54.6 Å². The van der Waals surface area contributed by atoms with E-state index in [1.165, 1.54) is 18.2 Å². The van der Waals surface area contributed by atoms with Crippen molar-refractivity contribution in [2.75, 3.05) is 7.11 Å². The number of rotatable bonds is 6.